The van der Waals surface area contributed by atoms with Crippen LogP contribution in [0.4, 0.5) is 0 Å². The van der Waals surface area contributed by atoms with Crippen LogP contribution >= 0.6 is 0 Å². The van der Waals surface area contributed by atoms with Crippen LogP contribution in [-0.2, 0) is 7.05 Å². The van der Waals surface area contributed by atoms with Crippen molar-refractivity contribution < 1.29 is 4.74 Å². The van der Waals surface area contributed by atoms with E-state index in [0.717, 1.165) is 22.8 Å². The van der Waals surface area contributed by atoms with E-state index >= 15 is 0 Å². The van der Waals surface area contributed by atoms with Crippen molar-refractivity contribution >= 4 is 0 Å². The Morgan fingerprint density at radius 1 is 1.05 bits per heavy atom. The molecule has 0 saturated heterocycles. The third kappa shape index (κ3) is 2.63. The number of para-hydroxylation sites is 1. The summed E-state index contributed by atoms with van der Waals surface area (Å²) >= 11 is 0. The summed E-state index contributed by atoms with van der Waals surface area (Å²) in [6.07, 6.45) is 5.45. The van der Waals surface area contributed by atoms with Crippen LogP contribution in [0.1, 0.15) is 0 Å². The number of ether oxygens (including phenoxy) is 1. The molecular formula is C15H13N3O. The van der Waals surface area contributed by atoms with Gasteiger partial charge in [-0.3, -0.25) is 9.67 Å². The van der Waals surface area contributed by atoms with Crippen LogP contribution in [0.25, 0.3) is 11.3 Å². The highest BCUT2D eigenvalue weighted by molar-refractivity contribution is 5.58. The monoisotopic (exact) mass is 251 g/mol. The Bertz CT molecular complexity index is 677. The van der Waals surface area contributed by atoms with E-state index in [9.17, 15) is 0 Å². The highest BCUT2D eigenvalue weighted by Crippen LogP contribution is 2.24. The molecule has 3 aromatic rings. The number of hydrogen-bond acceptors (Lipinski definition) is 3. The maximum absolute atomic E-state index is 5.78. The molecule has 2 heterocycles. The lowest BCUT2D eigenvalue weighted by atomic mass is 10.2. The molecule has 4 heteroatoms. The van der Waals surface area contributed by atoms with E-state index < -0.39 is 0 Å². The summed E-state index contributed by atoms with van der Waals surface area (Å²) in [4.78, 5) is 4.33. The molecule has 0 fully saturated rings. The maximum Gasteiger partial charge on any atom is 0.131 e. The fourth-order valence-corrected chi connectivity index (χ4v) is 1.81. The summed E-state index contributed by atoms with van der Waals surface area (Å²) < 4.78 is 7.53. The number of rotatable bonds is 3. The van der Waals surface area contributed by atoms with Crippen molar-refractivity contribution in [2.45, 2.75) is 0 Å². The standard InChI is InChI=1S/C15H13N3O/c1-18-11-12(10-17-18)15-9-14(7-8-16-15)19-13-5-3-2-4-6-13/h2-11H,1H3. The summed E-state index contributed by atoms with van der Waals surface area (Å²) in [7, 11) is 1.88. The van der Waals surface area contributed by atoms with Crippen LogP contribution < -0.4 is 4.74 Å². The Balaban J connectivity index is 1.88. The van der Waals surface area contributed by atoms with E-state index in [4.69, 9.17) is 4.74 Å². The van der Waals surface area contributed by atoms with Crippen molar-refractivity contribution in [1.82, 2.24) is 14.8 Å². The molecule has 0 saturated carbocycles. The van der Waals surface area contributed by atoms with Crippen molar-refractivity contribution in [3.8, 4) is 22.8 Å². The van der Waals surface area contributed by atoms with Gasteiger partial charge < -0.3 is 4.74 Å². The average molecular weight is 251 g/mol. The maximum atomic E-state index is 5.78. The molecule has 2 aromatic heterocycles. The zero-order valence-electron chi connectivity index (χ0n) is 10.5. The van der Waals surface area contributed by atoms with Crippen LogP contribution in [0, 0.1) is 0 Å². The first-order valence-electron chi connectivity index (χ1n) is 5.99. The molecule has 0 amide bonds. The van der Waals surface area contributed by atoms with E-state index in [2.05, 4.69) is 10.1 Å². The molecule has 0 spiro atoms. The topological polar surface area (TPSA) is 39.9 Å². The first-order valence-corrected chi connectivity index (χ1v) is 5.99. The minimum Gasteiger partial charge on any atom is -0.457 e. The molecule has 94 valence electrons. The Kier molecular flexibility index (Phi) is 2.98. The van der Waals surface area contributed by atoms with E-state index in [1.54, 1.807) is 17.1 Å². The molecule has 4 nitrogen and oxygen atoms in total. The van der Waals surface area contributed by atoms with E-state index in [1.807, 2.05) is 55.7 Å². The van der Waals surface area contributed by atoms with Crippen molar-refractivity contribution in [2.75, 3.05) is 0 Å². The van der Waals surface area contributed by atoms with Gasteiger partial charge in [0.1, 0.15) is 11.5 Å². The second kappa shape index (κ2) is 4.94. The summed E-state index contributed by atoms with van der Waals surface area (Å²) in [6.45, 7) is 0. The first kappa shape index (κ1) is 11.5. The van der Waals surface area contributed by atoms with Gasteiger partial charge in [0.15, 0.2) is 0 Å². The molecule has 0 aliphatic carbocycles. The molecule has 1 aromatic carbocycles. The minimum absolute atomic E-state index is 0.764. The lowest BCUT2D eigenvalue weighted by Crippen LogP contribution is -1.87. The Morgan fingerprint density at radius 3 is 2.63 bits per heavy atom. The minimum atomic E-state index is 0.764. The number of aromatic nitrogens is 3. The summed E-state index contributed by atoms with van der Waals surface area (Å²) in [5, 5.41) is 4.14. The number of benzene rings is 1. The van der Waals surface area contributed by atoms with Crippen molar-refractivity contribution in [3.05, 3.63) is 61.1 Å². The molecule has 0 unspecified atom stereocenters. The Labute approximate surface area is 111 Å². The van der Waals surface area contributed by atoms with Crippen LogP contribution in [0.2, 0.25) is 0 Å². The molecule has 0 N–H and O–H groups in total. The summed E-state index contributed by atoms with van der Waals surface area (Å²) in [6, 6.07) is 13.4. The molecule has 0 atom stereocenters. The average Bonchev–Trinajstić information content (AvgIpc) is 2.87. The Morgan fingerprint density at radius 2 is 1.89 bits per heavy atom. The van der Waals surface area contributed by atoms with Gasteiger partial charge in [0.05, 0.1) is 11.9 Å². The molecule has 0 radical (unpaired) electrons. The smallest absolute Gasteiger partial charge is 0.131 e. The number of nitrogens with zero attached hydrogens (tertiary/aromatic N) is 3. The van der Waals surface area contributed by atoms with Gasteiger partial charge in [-0.05, 0) is 18.2 Å². The summed E-state index contributed by atoms with van der Waals surface area (Å²) in [5.41, 5.74) is 1.82. The highest BCUT2D eigenvalue weighted by Gasteiger charge is 2.04. The zero-order chi connectivity index (χ0) is 13.1. The SMILES string of the molecule is Cn1cc(-c2cc(Oc3ccccc3)ccn2)cn1. The van der Waals surface area contributed by atoms with Gasteiger partial charge in [0.2, 0.25) is 0 Å². The lowest BCUT2D eigenvalue weighted by Gasteiger charge is -2.06. The first-order chi connectivity index (χ1) is 9.31. The largest absolute Gasteiger partial charge is 0.457 e. The molecule has 19 heavy (non-hydrogen) atoms. The second-order valence-electron chi connectivity index (χ2n) is 4.19. The van der Waals surface area contributed by atoms with Gasteiger partial charge in [-0.15, -0.1) is 0 Å². The van der Waals surface area contributed by atoms with Crippen LogP contribution in [0.3, 0.4) is 0 Å². The second-order valence-corrected chi connectivity index (χ2v) is 4.19. The van der Waals surface area contributed by atoms with E-state index in [1.165, 1.54) is 0 Å². The molecule has 0 bridgehead atoms. The summed E-state index contributed by atoms with van der Waals surface area (Å²) in [5.74, 6) is 1.57. The van der Waals surface area contributed by atoms with Gasteiger partial charge in [0.25, 0.3) is 0 Å². The van der Waals surface area contributed by atoms with Gasteiger partial charge in [-0.2, -0.15) is 5.10 Å². The molecule has 3 rings (SSSR count). The van der Waals surface area contributed by atoms with Gasteiger partial charge in [-0.1, -0.05) is 18.2 Å². The predicted octanol–water partition coefficient (Wildman–Crippen LogP) is 3.27. The highest BCUT2D eigenvalue weighted by atomic mass is 16.5. The quantitative estimate of drug-likeness (QED) is 0.717. The van der Waals surface area contributed by atoms with Crippen LogP contribution in [0.15, 0.2) is 61.1 Å². The predicted molar refractivity (Wildman–Crippen MR) is 73.0 cm³/mol. The lowest BCUT2D eigenvalue weighted by molar-refractivity contribution is 0.482. The Hall–Kier alpha value is -2.62. The van der Waals surface area contributed by atoms with Crippen molar-refractivity contribution in [2.24, 2.45) is 7.05 Å². The van der Waals surface area contributed by atoms with Crippen molar-refractivity contribution in [3.63, 3.8) is 0 Å². The van der Waals surface area contributed by atoms with Gasteiger partial charge in [-0.25, -0.2) is 0 Å². The molecule has 0 aliphatic heterocycles. The number of pyridine rings is 1. The molecule has 0 aliphatic rings. The van der Waals surface area contributed by atoms with Crippen LogP contribution in [-0.4, -0.2) is 14.8 Å². The fraction of sp³-hybridized carbons (Fsp3) is 0.0667. The van der Waals surface area contributed by atoms with Gasteiger partial charge in [0, 0.05) is 31.1 Å². The normalized spacial score (nSPS) is 10.4. The zero-order valence-corrected chi connectivity index (χ0v) is 10.5. The van der Waals surface area contributed by atoms with Crippen LogP contribution in [0.5, 0.6) is 11.5 Å². The fourth-order valence-electron chi connectivity index (χ4n) is 1.81. The third-order valence-electron chi connectivity index (χ3n) is 2.71. The van der Waals surface area contributed by atoms with E-state index in [0.29, 0.717) is 0 Å². The van der Waals surface area contributed by atoms with Crippen molar-refractivity contribution in [1.29, 1.82) is 0 Å². The molecular weight excluding hydrogens is 238 g/mol. The number of aryl methyl sites for hydroxylation is 1. The van der Waals surface area contributed by atoms with Gasteiger partial charge >= 0.3 is 0 Å². The van der Waals surface area contributed by atoms with E-state index in [-0.39, 0.29) is 0 Å². The number of hydrogen-bond donors (Lipinski definition) is 0. The third-order valence-corrected chi connectivity index (χ3v) is 2.71.